The van der Waals surface area contributed by atoms with Crippen LogP contribution in [0.3, 0.4) is 0 Å². The van der Waals surface area contributed by atoms with E-state index in [1.54, 1.807) is 0 Å². The zero-order valence-electron chi connectivity index (χ0n) is 17.9. The van der Waals surface area contributed by atoms with Crippen LogP contribution in [0.1, 0.15) is 11.1 Å². The normalized spacial score (nSPS) is 11.0. The number of carbonyl (C=O) groups is 1. The molecule has 6 nitrogen and oxygen atoms in total. The summed E-state index contributed by atoms with van der Waals surface area (Å²) in [6, 6.07) is 15.5. The molecule has 1 heterocycles. The number of halogens is 1. The van der Waals surface area contributed by atoms with Gasteiger partial charge in [-0.3, -0.25) is 0 Å². The first kappa shape index (κ1) is 22.1. The lowest BCUT2D eigenvalue weighted by atomic mass is 10.1. The molecule has 0 fully saturated rings. The molecule has 0 aliphatic heterocycles. The number of anilines is 2. The predicted octanol–water partition coefficient (Wildman–Crippen LogP) is 4.63. The van der Waals surface area contributed by atoms with Crippen LogP contribution in [-0.2, 0) is 6.54 Å². The van der Waals surface area contributed by atoms with Crippen molar-refractivity contribution in [1.29, 1.82) is 0 Å². The van der Waals surface area contributed by atoms with Crippen molar-refractivity contribution in [2.75, 3.05) is 44.4 Å². The largest absolute Gasteiger partial charge is 0.358 e. The van der Waals surface area contributed by atoms with E-state index in [9.17, 15) is 4.79 Å². The number of nitrogens with one attached hydrogen (secondary N) is 2. The Morgan fingerprint density at radius 2 is 1.77 bits per heavy atom. The number of pyridine rings is 1. The van der Waals surface area contributed by atoms with E-state index < -0.39 is 0 Å². The minimum absolute atomic E-state index is 0.233. The SMILES string of the molecule is Cc1cc(N(C)CCN(C)C)nc2ccc(NC(=O)NCc3ccc(Br)cc3)cc12. The maximum absolute atomic E-state index is 12.3. The highest BCUT2D eigenvalue weighted by Gasteiger charge is 2.09. The molecule has 2 N–H and O–H groups in total. The van der Waals surface area contributed by atoms with Crippen molar-refractivity contribution in [2.24, 2.45) is 0 Å². The van der Waals surface area contributed by atoms with Gasteiger partial charge in [0.05, 0.1) is 5.52 Å². The van der Waals surface area contributed by atoms with Crippen LogP contribution in [0.4, 0.5) is 16.3 Å². The molecule has 0 saturated carbocycles. The van der Waals surface area contributed by atoms with Gasteiger partial charge >= 0.3 is 6.03 Å². The molecule has 0 spiro atoms. The van der Waals surface area contributed by atoms with Crippen LogP contribution in [0.15, 0.2) is 53.0 Å². The number of hydrogen-bond donors (Lipinski definition) is 2. The van der Waals surface area contributed by atoms with Crippen LogP contribution >= 0.6 is 15.9 Å². The fourth-order valence-corrected chi connectivity index (χ4v) is 3.34. The van der Waals surface area contributed by atoms with Gasteiger partial charge in [0, 0.05) is 42.2 Å². The van der Waals surface area contributed by atoms with E-state index in [0.29, 0.717) is 6.54 Å². The van der Waals surface area contributed by atoms with Gasteiger partial charge < -0.3 is 20.4 Å². The third kappa shape index (κ3) is 5.93. The standard InChI is InChI=1S/C23H28BrN5O/c1-16-13-22(29(4)12-11-28(2)3)27-21-10-9-19(14-20(16)21)26-23(30)25-15-17-5-7-18(24)8-6-17/h5-10,13-14H,11-12,15H2,1-4H3,(H2,25,26,30). The molecule has 0 saturated heterocycles. The first-order valence-electron chi connectivity index (χ1n) is 9.88. The van der Waals surface area contributed by atoms with Crippen molar-refractivity contribution in [2.45, 2.75) is 13.5 Å². The van der Waals surface area contributed by atoms with E-state index in [1.807, 2.05) is 42.5 Å². The fourth-order valence-electron chi connectivity index (χ4n) is 3.07. The summed E-state index contributed by atoms with van der Waals surface area (Å²) in [4.78, 5) is 21.4. The van der Waals surface area contributed by atoms with Crippen LogP contribution in [0.25, 0.3) is 10.9 Å². The minimum Gasteiger partial charge on any atom is -0.358 e. The van der Waals surface area contributed by atoms with Crippen LogP contribution in [0.2, 0.25) is 0 Å². The fraction of sp³-hybridized carbons (Fsp3) is 0.304. The van der Waals surface area contributed by atoms with Crippen molar-refractivity contribution in [3.8, 4) is 0 Å². The number of benzene rings is 2. The first-order valence-corrected chi connectivity index (χ1v) is 10.7. The Bertz CT molecular complexity index is 1020. The zero-order chi connectivity index (χ0) is 21.7. The van der Waals surface area contributed by atoms with Gasteiger partial charge in [0.15, 0.2) is 0 Å². The van der Waals surface area contributed by atoms with Gasteiger partial charge in [-0.1, -0.05) is 28.1 Å². The molecule has 3 rings (SSSR count). The monoisotopic (exact) mass is 469 g/mol. The predicted molar refractivity (Wildman–Crippen MR) is 128 cm³/mol. The highest BCUT2D eigenvalue weighted by Crippen LogP contribution is 2.25. The maximum atomic E-state index is 12.3. The molecule has 0 aliphatic carbocycles. The zero-order valence-corrected chi connectivity index (χ0v) is 19.5. The van der Waals surface area contributed by atoms with E-state index in [0.717, 1.165) is 51.1 Å². The number of carbonyl (C=O) groups excluding carboxylic acids is 1. The number of amides is 2. The number of urea groups is 1. The summed E-state index contributed by atoms with van der Waals surface area (Å²) in [5.74, 6) is 0.954. The molecule has 2 aromatic carbocycles. The van der Waals surface area contributed by atoms with Crippen molar-refractivity contribution in [1.82, 2.24) is 15.2 Å². The van der Waals surface area contributed by atoms with Crippen LogP contribution in [-0.4, -0.2) is 50.1 Å². The Morgan fingerprint density at radius 3 is 2.47 bits per heavy atom. The van der Waals surface area contributed by atoms with Gasteiger partial charge in [-0.05, 0) is 68.5 Å². The van der Waals surface area contributed by atoms with E-state index in [4.69, 9.17) is 4.98 Å². The van der Waals surface area contributed by atoms with E-state index in [1.165, 1.54) is 0 Å². The second-order valence-electron chi connectivity index (χ2n) is 7.69. The van der Waals surface area contributed by atoms with Crippen molar-refractivity contribution in [3.63, 3.8) is 0 Å². The first-order chi connectivity index (χ1) is 14.3. The van der Waals surface area contributed by atoms with Gasteiger partial charge in [0.25, 0.3) is 0 Å². The van der Waals surface area contributed by atoms with Crippen LogP contribution in [0.5, 0.6) is 0 Å². The summed E-state index contributed by atoms with van der Waals surface area (Å²) < 4.78 is 1.02. The summed E-state index contributed by atoms with van der Waals surface area (Å²) in [6.07, 6.45) is 0. The Labute approximate surface area is 186 Å². The van der Waals surface area contributed by atoms with Gasteiger partial charge in [-0.15, -0.1) is 0 Å². The molecule has 30 heavy (non-hydrogen) atoms. The summed E-state index contributed by atoms with van der Waals surface area (Å²) in [5, 5.41) is 6.83. The second kappa shape index (κ2) is 9.91. The third-order valence-corrected chi connectivity index (χ3v) is 5.43. The molecule has 158 valence electrons. The molecule has 0 bridgehead atoms. The lowest BCUT2D eigenvalue weighted by molar-refractivity contribution is 0.251. The molecule has 2 amide bonds. The highest BCUT2D eigenvalue weighted by molar-refractivity contribution is 9.10. The van der Waals surface area contributed by atoms with Gasteiger partial charge in [0.2, 0.25) is 0 Å². The quantitative estimate of drug-likeness (QED) is 0.529. The van der Waals surface area contributed by atoms with Crippen LogP contribution < -0.4 is 15.5 Å². The Balaban J connectivity index is 1.67. The summed E-state index contributed by atoms with van der Waals surface area (Å²) in [6.45, 7) is 4.41. The molecule has 0 radical (unpaired) electrons. The second-order valence-corrected chi connectivity index (χ2v) is 8.60. The Kier molecular flexibility index (Phi) is 7.29. The number of aromatic nitrogens is 1. The van der Waals surface area contributed by atoms with Crippen molar-refractivity contribution < 1.29 is 4.79 Å². The van der Waals surface area contributed by atoms with Gasteiger partial charge in [-0.2, -0.15) is 0 Å². The van der Waals surface area contributed by atoms with Gasteiger partial charge in [-0.25, -0.2) is 9.78 Å². The van der Waals surface area contributed by atoms with E-state index in [2.05, 4.69) is 70.5 Å². The molecule has 0 atom stereocenters. The minimum atomic E-state index is -0.233. The molecular weight excluding hydrogens is 442 g/mol. The summed E-state index contributed by atoms with van der Waals surface area (Å²) in [7, 11) is 6.19. The number of hydrogen-bond acceptors (Lipinski definition) is 4. The lowest BCUT2D eigenvalue weighted by Crippen LogP contribution is -2.29. The van der Waals surface area contributed by atoms with Crippen molar-refractivity contribution in [3.05, 3.63) is 64.1 Å². The maximum Gasteiger partial charge on any atom is 0.319 e. The number of likely N-dealkylation sites (N-methyl/N-ethyl adjacent to an activating group) is 2. The molecule has 7 heteroatoms. The van der Waals surface area contributed by atoms with E-state index in [-0.39, 0.29) is 6.03 Å². The van der Waals surface area contributed by atoms with Gasteiger partial charge in [0.1, 0.15) is 5.82 Å². The topological polar surface area (TPSA) is 60.5 Å². The Hall–Kier alpha value is -2.64. The molecular formula is C23H28BrN5O. The smallest absolute Gasteiger partial charge is 0.319 e. The summed E-state index contributed by atoms with van der Waals surface area (Å²) in [5.41, 5.74) is 3.83. The number of nitrogens with zero attached hydrogens (tertiary/aromatic N) is 3. The molecule has 0 aliphatic rings. The lowest BCUT2D eigenvalue weighted by Gasteiger charge is -2.21. The Morgan fingerprint density at radius 1 is 1.03 bits per heavy atom. The van der Waals surface area contributed by atoms with Crippen molar-refractivity contribution >= 4 is 44.4 Å². The summed E-state index contributed by atoms with van der Waals surface area (Å²) >= 11 is 3.41. The average Bonchev–Trinajstić information content (AvgIpc) is 2.72. The third-order valence-electron chi connectivity index (χ3n) is 4.90. The molecule has 3 aromatic rings. The molecule has 1 aromatic heterocycles. The van der Waals surface area contributed by atoms with E-state index >= 15 is 0 Å². The average molecular weight is 470 g/mol. The highest BCUT2D eigenvalue weighted by atomic mass is 79.9. The number of aryl methyl sites for hydroxylation is 1. The van der Waals surface area contributed by atoms with Crippen LogP contribution in [0, 0.1) is 6.92 Å². The number of fused-ring (bicyclic) bond motifs is 1. The molecule has 0 unspecified atom stereocenters. The number of rotatable bonds is 7.